The van der Waals surface area contributed by atoms with E-state index in [1.807, 2.05) is 41.1 Å². The van der Waals surface area contributed by atoms with E-state index >= 15 is 0 Å². The molecule has 7 heteroatoms. The van der Waals surface area contributed by atoms with Gasteiger partial charge in [-0.05, 0) is 30.3 Å². The molecule has 3 aromatic heterocycles. The predicted octanol–water partition coefficient (Wildman–Crippen LogP) is 6.37. The summed E-state index contributed by atoms with van der Waals surface area (Å²) in [4.78, 5) is 0.955. The van der Waals surface area contributed by atoms with Crippen molar-refractivity contribution in [3.63, 3.8) is 0 Å². The monoisotopic (exact) mass is 382 g/mol. The highest BCUT2D eigenvalue weighted by atomic mass is 35.5. The Morgan fingerprint density at radius 2 is 1.96 bits per heavy atom. The van der Waals surface area contributed by atoms with Crippen LogP contribution in [-0.4, -0.2) is 9.72 Å². The molecular weight excluding hydrogens is 375 g/mol. The summed E-state index contributed by atoms with van der Waals surface area (Å²) in [5.74, 6) is 0.711. The molecule has 23 heavy (non-hydrogen) atoms. The first kappa shape index (κ1) is 15.1. The highest BCUT2D eigenvalue weighted by Gasteiger charge is 2.12. The number of aromatic nitrogens is 2. The summed E-state index contributed by atoms with van der Waals surface area (Å²) >= 11 is 19.8. The van der Waals surface area contributed by atoms with Gasteiger partial charge in [0.25, 0.3) is 0 Å². The van der Waals surface area contributed by atoms with Gasteiger partial charge in [0.15, 0.2) is 5.76 Å². The van der Waals surface area contributed by atoms with Gasteiger partial charge < -0.3 is 9.09 Å². The maximum absolute atomic E-state index is 6.32. The normalized spacial score (nSPS) is 11.4. The molecule has 0 unspecified atom stereocenters. The molecule has 0 aliphatic rings. The zero-order valence-electron chi connectivity index (χ0n) is 11.6. The van der Waals surface area contributed by atoms with Crippen LogP contribution in [-0.2, 0) is 6.54 Å². The Balaban J connectivity index is 1.68. The molecule has 0 saturated heterocycles. The number of fused-ring (bicyclic) bond motifs is 1. The van der Waals surface area contributed by atoms with Gasteiger partial charge >= 0.3 is 0 Å². The van der Waals surface area contributed by atoms with E-state index in [-0.39, 0.29) is 0 Å². The van der Waals surface area contributed by atoms with Crippen molar-refractivity contribution in [3.8, 4) is 10.6 Å². The molecule has 0 radical (unpaired) electrons. The van der Waals surface area contributed by atoms with Crippen LogP contribution in [0.4, 0.5) is 0 Å². The van der Waals surface area contributed by atoms with E-state index in [1.165, 1.54) is 11.3 Å². The Labute approximate surface area is 151 Å². The summed E-state index contributed by atoms with van der Waals surface area (Å²) in [5, 5.41) is 6.37. The van der Waals surface area contributed by atoms with Crippen LogP contribution in [0.1, 0.15) is 5.69 Å². The Morgan fingerprint density at radius 3 is 2.74 bits per heavy atom. The van der Waals surface area contributed by atoms with Gasteiger partial charge in [0, 0.05) is 22.7 Å². The largest absolute Gasteiger partial charge is 0.355 e. The van der Waals surface area contributed by atoms with Crippen molar-refractivity contribution >= 4 is 57.0 Å². The van der Waals surface area contributed by atoms with Gasteiger partial charge in [0.1, 0.15) is 5.69 Å². The quantitative estimate of drug-likeness (QED) is 0.412. The third-order valence-corrected chi connectivity index (χ3v) is 5.24. The highest BCUT2D eigenvalue weighted by molar-refractivity contribution is 7.19. The SMILES string of the molecule is Clc1cc(Cl)c2c(ccn2Cc2cc(-c3ccc(Cl)s3)on2)c1. The van der Waals surface area contributed by atoms with E-state index in [4.69, 9.17) is 39.3 Å². The van der Waals surface area contributed by atoms with E-state index in [0.29, 0.717) is 22.4 Å². The molecule has 0 aliphatic carbocycles. The molecule has 116 valence electrons. The van der Waals surface area contributed by atoms with Crippen molar-refractivity contribution in [1.29, 1.82) is 0 Å². The van der Waals surface area contributed by atoms with Crippen LogP contribution in [0.5, 0.6) is 0 Å². The fourth-order valence-electron chi connectivity index (χ4n) is 2.52. The van der Waals surface area contributed by atoms with Crippen molar-refractivity contribution < 1.29 is 4.52 Å². The zero-order valence-corrected chi connectivity index (χ0v) is 14.7. The van der Waals surface area contributed by atoms with Crippen molar-refractivity contribution in [1.82, 2.24) is 9.72 Å². The molecular formula is C16H9Cl3N2OS. The molecule has 0 N–H and O–H groups in total. The average molecular weight is 384 g/mol. The van der Waals surface area contributed by atoms with E-state index in [1.54, 1.807) is 6.07 Å². The Morgan fingerprint density at radius 1 is 1.09 bits per heavy atom. The molecule has 0 spiro atoms. The molecule has 0 fully saturated rings. The minimum atomic E-state index is 0.563. The maximum Gasteiger partial charge on any atom is 0.177 e. The van der Waals surface area contributed by atoms with Crippen molar-refractivity contribution in [2.45, 2.75) is 6.54 Å². The van der Waals surface area contributed by atoms with Gasteiger partial charge in [0.2, 0.25) is 0 Å². The number of hydrogen-bond acceptors (Lipinski definition) is 3. The lowest BCUT2D eigenvalue weighted by Crippen LogP contribution is -1.98. The maximum atomic E-state index is 6.32. The molecule has 1 aromatic carbocycles. The van der Waals surface area contributed by atoms with E-state index < -0.39 is 0 Å². The molecule has 0 aliphatic heterocycles. The van der Waals surface area contributed by atoms with E-state index in [9.17, 15) is 0 Å². The average Bonchev–Trinajstić information content (AvgIpc) is 3.19. The number of halogens is 3. The number of hydrogen-bond donors (Lipinski definition) is 0. The minimum absolute atomic E-state index is 0.563. The zero-order chi connectivity index (χ0) is 16.0. The molecule has 0 saturated carbocycles. The number of nitrogens with zero attached hydrogens (tertiary/aromatic N) is 2. The standard InChI is InChI=1S/C16H9Cl3N2OS/c17-10-5-9-3-4-21(16(9)12(18)6-10)8-11-7-13(22-20-11)14-1-2-15(19)23-14/h1-7H,8H2. The number of rotatable bonds is 3. The van der Waals surface area contributed by atoms with Crippen molar-refractivity contribution in [3.05, 3.63) is 62.7 Å². The van der Waals surface area contributed by atoms with Gasteiger partial charge in [-0.15, -0.1) is 11.3 Å². The Hall–Kier alpha value is -1.46. The van der Waals surface area contributed by atoms with Crippen LogP contribution in [0.25, 0.3) is 21.5 Å². The van der Waals surface area contributed by atoms with Crippen LogP contribution in [0.2, 0.25) is 14.4 Å². The summed E-state index contributed by atoms with van der Waals surface area (Å²) in [7, 11) is 0. The smallest absolute Gasteiger partial charge is 0.177 e. The summed E-state index contributed by atoms with van der Waals surface area (Å²) in [6.07, 6.45) is 1.96. The Kier molecular flexibility index (Phi) is 3.85. The number of benzene rings is 1. The van der Waals surface area contributed by atoms with Gasteiger partial charge in [0.05, 0.1) is 26.3 Å². The summed E-state index contributed by atoms with van der Waals surface area (Å²) < 4.78 is 8.15. The summed E-state index contributed by atoms with van der Waals surface area (Å²) in [6, 6.07) is 11.3. The molecule has 4 rings (SSSR count). The molecule has 0 bridgehead atoms. The second kappa shape index (κ2) is 5.87. The number of thiophene rings is 1. The Bertz CT molecular complexity index is 1000. The summed E-state index contributed by atoms with van der Waals surface area (Å²) in [5.41, 5.74) is 1.74. The van der Waals surface area contributed by atoms with Gasteiger partial charge in [-0.25, -0.2) is 0 Å². The third kappa shape index (κ3) is 2.88. The van der Waals surface area contributed by atoms with E-state index in [2.05, 4.69) is 5.16 Å². The van der Waals surface area contributed by atoms with Crippen LogP contribution >= 0.6 is 46.1 Å². The topological polar surface area (TPSA) is 31.0 Å². The van der Waals surface area contributed by atoms with E-state index in [0.717, 1.165) is 25.8 Å². The highest BCUT2D eigenvalue weighted by Crippen LogP contribution is 2.32. The first-order chi connectivity index (χ1) is 11.1. The second-order valence-electron chi connectivity index (χ2n) is 5.06. The van der Waals surface area contributed by atoms with Crippen LogP contribution in [0, 0.1) is 0 Å². The first-order valence-corrected chi connectivity index (χ1v) is 8.70. The lowest BCUT2D eigenvalue weighted by Gasteiger charge is -2.04. The molecule has 0 atom stereocenters. The molecule has 0 amide bonds. The minimum Gasteiger partial charge on any atom is -0.355 e. The fourth-order valence-corrected chi connectivity index (χ4v) is 4.13. The molecule has 3 heterocycles. The fraction of sp³-hybridized carbons (Fsp3) is 0.0625. The van der Waals surface area contributed by atoms with Crippen LogP contribution in [0.15, 0.2) is 47.1 Å². The molecule has 4 aromatic rings. The first-order valence-electron chi connectivity index (χ1n) is 6.75. The molecule has 3 nitrogen and oxygen atoms in total. The van der Waals surface area contributed by atoms with Gasteiger partial charge in [-0.3, -0.25) is 0 Å². The van der Waals surface area contributed by atoms with Crippen molar-refractivity contribution in [2.75, 3.05) is 0 Å². The van der Waals surface area contributed by atoms with Crippen LogP contribution in [0.3, 0.4) is 0 Å². The van der Waals surface area contributed by atoms with Gasteiger partial charge in [-0.2, -0.15) is 0 Å². The van der Waals surface area contributed by atoms with Gasteiger partial charge in [-0.1, -0.05) is 40.0 Å². The van der Waals surface area contributed by atoms with Crippen LogP contribution < -0.4 is 0 Å². The lowest BCUT2D eigenvalue weighted by molar-refractivity contribution is 0.422. The third-order valence-electron chi connectivity index (χ3n) is 3.49. The lowest BCUT2D eigenvalue weighted by atomic mass is 10.2. The second-order valence-corrected chi connectivity index (χ2v) is 7.61. The van der Waals surface area contributed by atoms with Crippen molar-refractivity contribution in [2.24, 2.45) is 0 Å². The summed E-state index contributed by atoms with van der Waals surface area (Å²) in [6.45, 7) is 0.563. The predicted molar refractivity (Wildman–Crippen MR) is 95.9 cm³/mol.